The van der Waals surface area contributed by atoms with E-state index in [2.05, 4.69) is 5.32 Å². The Balaban J connectivity index is 1.50. The number of benzene rings is 2. The van der Waals surface area contributed by atoms with Gasteiger partial charge in [-0.2, -0.15) is 0 Å². The summed E-state index contributed by atoms with van der Waals surface area (Å²) in [5.41, 5.74) is 1.44. The summed E-state index contributed by atoms with van der Waals surface area (Å²) in [5, 5.41) is 3.39. The Morgan fingerprint density at radius 1 is 1.18 bits per heavy atom. The standard InChI is InChI=1S/C21H20ClN3O3/c1-14-3-2-4-15(11-14)12-25-19(27)21(23-20(25)28)9-10-24(13-21)18(26)16-5-7-17(22)8-6-16/h2-8,11H,9-10,12-13H2,1H3,(H,23,28). The van der Waals surface area contributed by atoms with Crippen LogP contribution in [0.3, 0.4) is 0 Å². The molecule has 2 saturated heterocycles. The normalized spacial score (nSPS) is 21.5. The second kappa shape index (κ2) is 6.95. The third kappa shape index (κ3) is 3.24. The molecule has 1 spiro atoms. The van der Waals surface area contributed by atoms with Crippen LogP contribution < -0.4 is 5.32 Å². The van der Waals surface area contributed by atoms with E-state index in [0.29, 0.717) is 23.6 Å². The number of hydrogen-bond acceptors (Lipinski definition) is 3. The summed E-state index contributed by atoms with van der Waals surface area (Å²) in [6.07, 6.45) is 0.404. The smallest absolute Gasteiger partial charge is 0.325 e. The number of nitrogens with zero attached hydrogens (tertiary/aromatic N) is 2. The minimum Gasteiger partial charge on any atom is -0.336 e. The lowest BCUT2D eigenvalue weighted by Crippen LogP contribution is -2.49. The van der Waals surface area contributed by atoms with Gasteiger partial charge in [0.2, 0.25) is 0 Å². The molecule has 2 aliphatic rings. The second-order valence-corrected chi connectivity index (χ2v) is 7.81. The van der Waals surface area contributed by atoms with Crippen molar-refractivity contribution >= 4 is 29.4 Å². The average molecular weight is 398 g/mol. The molecule has 0 aliphatic carbocycles. The minimum absolute atomic E-state index is 0.170. The van der Waals surface area contributed by atoms with Crippen LogP contribution in [-0.4, -0.2) is 46.3 Å². The van der Waals surface area contributed by atoms with Crippen molar-refractivity contribution in [1.82, 2.24) is 15.1 Å². The minimum atomic E-state index is -1.04. The number of hydrogen-bond donors (Lipinski definition) is 1. The molecular formula is C21H20ClN3O3. The van der Waals surface area contributed by atoms with Gasteiger partial charge in [-0.25, -0.2) is 4.79 Å². The maximum atomic E-state index is 13.1. The number of halogens is 1. The quantitative estimate of drug-likeness (QED) is 0.809. The number of urea groups is 1. The molecule has 1 atom stereocenters. The molecule has 0 aromatic heterocycles. The Morgan fingerprint density at radius 3 is 2.64 bits per heavy atom. The number of likely N-dealkylation sites (tertiary alicyclic amines) is 1. The molecule has 6 nitrogen and oxygen atoms in total. The van der Waals surface area contributed by atoms with E-state index >= 15 is 0 Å². The van der Waals surface area contributed by atoms with Crippen molar-refractivity contribution in [3.05, 3.63) is 70.2 Å². The predicted octanol–water partition coefficient (Wildman–Crippen LogP) is 2.99. The van der Waals surface area contributed by atoms with Crippen LogP contribution in [0.4, 0.5) is 4.79 Å². The van der Waals surface area contributed by atoms with Crippen LogP contribution in [0.25, 0.3) is 0 Å². The number of rotatable bonds is 3. The SMILES string of the molecule is Cc1cccc(CN2C(=O)NC3(CCN(C(=O)c4ccc(Cl)cc4)C3)C2=O)c1. The summed E-state index contributed by atoms with van der Waals surface area (Å²) in [6, 6.07) is 13.9. The predicted molar refractivity (Wildman–Crippen MR) is 105 cm³/mol. The molecule has 4 amide bonds. The summed E-state index contributed by atoms with van der Waals surface area (Å²) in [5.74, 6) is -0.446. The van der Waals surface area contributed by atoms with Crippen molar-refractivity contribution in [2.24, 2.45) is 0 Å². The molecule has 4 rings (SSSR count). The molecule has 2 aromatic carbocycles. The topological polar surface area (TPSA) is 69.7 Å². The highest BCUT2D eigenvalue weighted by Crippen LogP contribution is 2.30. The molecule has 0 saturated carbocycles. The third-order valence-corrected chi connectivity index (χ3v) is 5.57. The number of imide groups is 1. The molecule has 0 bridgehead atoms. The lowest BCUT2D eigenvalue weighted by atomic mass is 9.99. The van der Waals surface area contributed by atoms with Gasteiger partial charge in [0, 0.05) is 17.1 Å². The zero-order valence-electron chi connectivity index (χ0n) is 15.4. The van der Waals surface area contributed by atoms with Crippen LogP contribution in [0.5, 0.6) is 0 Å². The Kier molecular flexibility index (Phi) is 4.59. The maximum Gasteiger partial charge on any atom is 0.325 e. The molecule has 1 unspecified atom stereocenters. The number of aryl methyl sites for hydroxylation is 1. The maximum absolute atomic E-state index is 13.1. The first-order chi connectivity index (χ1) is 13.4. The molecule has 144 valence electrons. The lowest BCUT2D eigenvalue weighted by molar-refractivity contribution is -0.131. The van der Waals surface area contributed by atoms with E-state index in [9.17, 15) is 14.4 Å². The highest BCUT2D eigenvalue weighted by molar-refractivity contribution is 6.30. The first-order valence-electron chi connectivity index (χ1n) is 9.12. The molecular weight excluding hydrogens is 378 g/mol. The fraction of sp³-hybridized carbons (Fsp3) is 0.286. The van der Waals surface area contributed by atoms with Crippen molar-refractivity contribution in [2.45, 2.75) is 25.4 Å². The molecule has 2 aliphatic heterocycles. The fourth-order valence-electron chi connectivity index (χ4n) is 3.85. The number of carbonyl (C=O) groups excluding carboxylic acids is 3. The Hall–Kier alpha value is -2.86. The van der Waals surface area contributed by atoms with Crippen molar-refractivity contribution in [1.29, 1.82) is 0 Å². The van der Waals surface area contributed by atoms with Crippen LogP contribution in [0.15, 0.2) is 48.5 Å². The molecule has 2 aromatic rings. The summed E-state index contributed by atoms with van der Waals surface area (Å²) in [6.45, 7) is 2.77. The van der Waals surface area contributed by atoms with Gasteiger partial charge in [-0.3, -0.25) is 14.5 Å². The molecule has 28 heavy (non-hydrogen) atoms. The Morgan fingerprint density at radius 2 is 1.93 bits per heavy atom. The third-order valence-electron chi connectivity index (χ3n) is 5.32. The van der Waals surface area contributed by atoms with E-state index < -0.39 is 11.6 Å². The monoisotopic (exact) mass is 397 g/mol. The van der Waals surface area contributed by atoms with E-state index in [1.165, 1.54) is 4.90 Å². The van der Waals surface area contributed by atoms with Gasteiger partial charge >= 0.3 is 6.03 Å². The van der Waals surface area contributed by atoms with E-state index in [1.54, 1.807) is 29.2 Å². The van der Waals surface area contributed by atoms with E-state index in [4.69, 9.17) is 11.6 Å². The van der Waals surface area contributed by atoms with E-state index in [-0.39, 0.29) is 24.9 Å². The zero-order valence-corrected chi connectivity index (χ0v) is 16.2. The Labute approximate surface area is 168 Å². The summed E-state index contributed by atoms with van der Waals surface area (Å²) in [4.78, 5) is 41.2. The van der Waals surface area contributed by atoms with Gasteiger partial charge < -0.3 is 10.2 Å². The van der Waals surface area contributed by atoms with Crippen LogP contribution in [0.1, 0.15) is 27.9 Å². The van der Waals surface area contributed by atoms with Crippen molar-refractivity contribution in [3.8, 4) is 0 Å². The number of carbonyl (C=O) groups is 3. The van der Waals surface area contributed by atoms with Gasteiger partial charge in [-0.1, -0.05) is 41.4 Å². The fourth-order valence-corrected chi connectivity index (χ4v) is 3.97. The van der Waals surface area contributed by atoms with Crippen LogP contribution >= 0.6 is 11.6 Å². The van der Waals surface area contributed by atoms with Gasteiger partial charge in [0.25, 0.3) is 11.8 Å². The highest BCUT2D eigenvalue weighted by Gasteiger charge is 2.55. The van der Waals surface area contributed by atoms with Crippen molar-refractivity contribution in [2.75, 3.05) is 13.1 Å². The summed E-state index contributed by atoms with van der Waals surface area (Å²) < 4.78 is 0. The Bertz CT molecular complexity index is 960. The second-order valence-electron chi connectivity index (χ2n) is 7.38. The zero-order chi connectivity index (χ0) is 19.9. The van der Waals surface area contributed by atoms with Crippen molar-refractivity contribution < 1.29 is 14.4 Å². The van der Waals surface area contributed by atoms with Gasteiger partial charge in [-0.15, -0.1) is 0 Å². The van der Waals surface area contributed by atoms with E-state index in [0.717, 1.165) is 11.1 Å². The summed E-state index contributed by atoms with van der Waals surface area (Å²) >= 11 is 5.88. The summed E-state index contributed by atoms with van der Waals surface area (Å²) in [7, 11) is 0. The van der Waals surface area contributed by atoms with Gasteiger partial charge in [0.1, 0.15) is 5.54 Å². The van der Waals surface area contributed by atoms with Crippen LogP contribution in [-0.2, 0) is 11.3 Å². The van der Waals surface area contributed by atoms with Crippen LogP contribution in [0, 0.1) is 6.92 Å². The van der Waals surface area contributed by atoms with Crippen molar-refractivity contribution in [3.63, 3.8) is 0 Å². The van der Waals surface area contributed by atoms with Gasteiger partial charge in [-0.05, 0) is 43.2 Å². The number of nitrogens with one attached hydrogen (secondary N) is 1. The molecule has 2 heterocycles. The first kappa shape index (κ1) is 18.5. The van der Waals surface area contributed by atoms with E-state index in [1.807, 2.05) is 31.2 Å². The largest absolute Gasteiger partial charge is 0.336 e. The first-order valence-corrected chi connectivity index (χ1v) is 9.50. The molecule has 1 N–H and O–H groups in total. The van der Waals surface area contributed by atoms with Crippen LogP contribution in [0.2, 0.25) is 5.02 Å². The van der Waals surface area contributed by atoms with Gasteiger partial charge in [0.15, 0.2) is 0 Å². The van der Waals surface area contributed by atoms with Gasteiger partial charge in [0.05, 0.1) is 13.1 Å². The highest BCUT2D eigenvalue weighted by atomic mass is 35.5. The molecule has 2 fully saturated rings. The molecule has 0 radical (unpaired) electrons. The molecule has 7 heteroatoms. The number of amides is 4. The lowest BCUT2D eigenvalue weighted by Gasteiger charge is -2.22. The average Bonchev–Trinajstić information content (AvgIpc) is 3.19.